The summed E-state index contributed by atoms with van der Waals surface area (Å²) in [7, 11) is 3.14. The number of carbonyl (C=O) groups excluding carboxylic acids is 1. The lowest BCUT2D eigenvalue weighted by Gasteiger charge is -2.18. The Morgan fingerprint density at radius 1 is 1.50 bits per heavy atom. The molecule has 1 amide bonds. The average Bonchev–Trinajstić information content (AvgIpc) is 2.27. The highest BCUT2D eigenvalue weighted by atomic mass is 19.1. The van der Waals surface area contributed by atoms with Gasteiger partial charge in [0, 0.05) is 14.1 Å². The first-order valence-corrected chi connectivity index (χ1v) is 5.25. The number of nitrogens with one attached hydrogen (secondary N) is 1. The molecule has 18 heavy (non-hydrogen) atoms. The van der Waals surface area contributed by atoms with Gasteiger partial charge in [-0.15, -0.1) is 0 Å². The topological polar surface area (TPSA) is 75.5 Å². The molecule has 7 heteroatoms. The molecule has 1 aromatic carbocycles. The Morgan fingerprint density at radius 3 is 2.61 bits per heavy atom. The van der Waals surface area contributed by atoms with Crippen molar-refractivity contribution in [3.05, 3.63) is 34.1 Å². The number of rotatable bonds is 4. The second kappa shape index (κ2) is 5.44. The first-order valence-electron chi connectivity index (χ1n) is 5.25. The van der Waals surface area contributed by atoms with E-state index in [2.05, 4.69) is 5.32 Å². The molecule has 0 unspecified atom stereocenters. The molecule has 98 valence electrons. The van der Waals surface area contributed by atoms with Crippen LogP contribution < -0.4 is 5.32 Å². The van der Waals surface area contributed by atoms with E-state index in [9.17, 15) is 19.3 Å². The van der Waals surface area contributed by atoms with Gasteiger partial charge in [0.2, 0.25) is 11.7 Å². The van der Waals surface area contributed by atoms with Gasteiger partial charge in [-0.25, -0.2) is 0 Å². The van der Waals surface area contributed by atoms with Crippen LogP contribution in [0.15, 0.2) is 18.2 Å². The van der Waals surface area contributed by atoms with Crippen molar-refractivity contribution in [1.29, 1.82) is 0 Å². The number of likely N-dealkylation sites (N-methyl/N-ethyl adjacent to an activating group) is 1. The Kier molecular flexibility index (Phi) is 4.19. The third kappa shape index (κ3) is 2.93. The van der Waals surface area contributed by atoms with Gasteiger partial charge in [0.15, 0.2) is 0 Å². The van der Waals surface area contributed by atoms with Gasteiger partial charge in [-0.2, -0.15) is 4.39 Å². The molecule has 0 saturated carbocycles. The van der Waals surface area contributed by atoms with Gasteiger partial charge in [0.1, 0.15) is 11.7 Å². The maximum Gasteiger partial charge on any atom is 0.327 e. The van der Waals surface area contributed by atoms with Crippen molar-refractivity contribution in [1.82, 2.24) is 4.90 Å². The Balaban J connectivity index is 3.01. The molecule has 0 aromatic heterocycles. The molecule has 0 heterocycles. The van der Waals surface area contributed by atoms with Crippen LogP contribution in [0, 0.1) is 15.9 Å². The molecule has 0 saturated heterocycles. The zero-order valence-electron chi connectivity index (χ0n) is 10.3. The summed E-state index contributed by atoms with van der Waals surface area (Å²) in [5.41, 5.74) is -0.668. The van der Waals surface area contributed by atoms with E-state index < -0.39 is 22.5 Å². The number of carbonyl (C=O) groups is 1. The van der Waals surface area contributed by atoms with Gasteiger partial charge >= 0.3 is 5.69 Å². The number of benzene rings is 1. The fourth-order valence-electron chi connectivity index (χ4n) is 1.50. The molecule has 1 N–H and O–H groups in total. The third-order valence-electron chi connectivity index (χ3n) is 2.35. The maximum atomic E-state index is 13.3. The first-order chi connectivity index (χ1) is 8.34. The summed E-state index contributed by atoms with van der Waals surface area (Å²) >= 11 is 0. The fraction of sp³-hybridized carbons (Fsp3) is 0.364. The third-order valence-corrected chi connectivity index (χ3v) is 2.35. The second-order valence-corrected chi connectivity index (χ2v) is 3.99. The number of hydrogen-bond donors (Lipinski definition) is 1. The van der Waals surface area contributed by atoms with Crippen molar-refractivity contribution in [3.63, 3.8) is 0 Å². The van der Waals surface area contributed by atoms with Crippen LogP contribution >= 0.6 is 0 Å². The summed E-state index contributed by atoms with van der Waals surface area (Å²) in [5.74, 6) is -1.19. The van der Waals surface area contributed by atoms with E-state index in [4.69, 9.17) is 0 Å². The molecule has 6 nitrogen and oxygen atoms in total. The van der Waals surface area contributed by atoms with Crippen LogP contribution in [0.1, 0.15) is 6.92 Å². The number of nitro groups is 1. The van der Waals surface area contributed by atoms with Crippen LogP contribution in [0.3, 0.4) is 0 Å². The summed E-state index contributed by atoms with van der Waals surface area (Å²) < 4.78 is 13.3. The quantitative estimate of drug-likeness (QED) is 0.655. The normalized spacial score (nSPS) is 11.8. The molecule has 0 bridgehead atoms. The molecule has 0 aliphatic carbocycles. The molecule has 1 aromatic rings. The maximum absolute atomic E-state index is 13.3. The highest BCUT2D eigenvalue weighted by Gasteiger charge is 2.23. The predicted octanol–water partition coefficient (Wildman–Crippen LogP) is 1.62. The van der Waals surface area contributed by atoms with E-state index in [0.29, 0.717) is 0 Å². The van der Waals surface area contributed by atoms with E-state index in [0.717, 1.165) is 6.07 Å². The van der Waals surface area contributed by atoms with Gasteiger partial charge in [-0.05, 0) is 19.1 Å². The number of nitrogens with zero attached hydrogens (tertiary/aromatic N) is 2. The number of para-hydroxylation sites is 1. The van der Waals surface area contributed by atoms with Gasteiger partial charge in [-0.1, -0.05) is 6.07 Å². The van der Waals surface area contributed by atoms with Crippen molar-refractivity contribution < 1.29 is 14.1 Å². The lowest BCUT2D eigenvalue weighted by molar-refractivity contribution is -0.386. The number of anilines is 1. The van der Waals surface area contributed by atoms with Crippen LogP contribution in [0.4, 0.5) is 15.8 Å². The standard InChI is InChI=1S/C11H14FN3O3/c1-7(11(16)14(2)3)13-9-6-4-5-8(12)10(9)15(17)18/h4-7,13H,1-3H3/t7-/m0/s1. The second-order valence-electron chi connectivity index (χ2n) is 3.99. The summed E-state index contributed by atoms with van der Waals surface area (Å²) in [6, 6.07) is 3.03. The molecule has 1 atom stereocenters. The number of halogens is 1. The Labute approximate surface area is 104 Å². The van der Waals surface area contributed by atoms with Crippen molar-refractivity contribution in [2.45, 2.75) is 13.0 Å². The largest absolute Gasteiger partial charge is 0.368 e. The highest BCUT2D eigenvalue weighted by Crippen LogP contribution is 2.27. The van der Waals surface area contributed by atoms with E-state index in [1.807, 2.05) is 0 Å². The SMILES string of the molecule is C[C@H](Nc1cccc(F)c1[N+](=O)[O-])C(=O)N(C)C. The van der Waals surface area contributed by atoms with Crippen molar-refractivity contribution in [3.8, 4) is 0 Å². The smallest absolute Gasteiger partial charge is 0.327 e. The Morgan fingerprint density at radius 2 is 2.11 bits per heavy atom. The summed E-state index contributed by atoms with van der Waals surface area (Å²) in [6.07, 6.45) is 0. The minimum Gasteiger partial charge on any atom is -0.368 e. The molecular formula is C11H14FN3O3. The molecule has 0 aliphatic heterocycles. The zero-order chi connectivity index (χ0) is 13.9. The molecule has 0 radical (unpaired) electrons. The van der Waals surface area contributed by atoms with Gasteiger partial charge < -0.3 is 10.2 Å². The van der Waals surface area contributed by atoms with E-state index in [1.54, 1.807) is 21.0 Å². The monoisotopic (exact) mass is 255 g/mol. The minimum absolute atomic E-state index is 0.0114. The van der Waals surface area contributed by atoms with Crippen molar-refractivity contribution in [2.24, 2.45) is 0 Å². The molecule has 1 rings (SSSR count). The van der Waals surface area contributed by atoms with Crippen LogP contribution in [-0.4, -0.2) is 35.9 Å². The van der Waals surface area contributed by atoms with Gasteiger partial charge in [-0.3, -0.25) is 14.9 Å². The predicted molar refractivity (Wildman–Crippen MR) is 64.8 cm³/mol. The number of hydrogen-bond acceptors (Lipinski definition) is 4. The highest BCUT2D eigenvalue weighted by molar-refractivity contribution is 5.84. The fourth-order valence-corrected chi connectivity index (χ4v) is 1.50. The van der Waals surface area contributed by atoms with Crippen LogP contribution in [0.5, 0.6) is 0 Å². The van der Waals surface area contributed by atoms with E-state index >= 15 is 0 Å². The number of amides is 1. The van der Waals surface area contributed by atoms with E-state index in [-0.39, 0.29) is 11.6 Å². The van der Waals surface area contributed by atoms with Gasteiger partial charge in [0.05, 0.1) is 4.92 Å². The summed E-state index contributed by atoms with van der Waals surface area (Å²) in [6.45, 7) is 1.55. The van der Waals surface area contributed by atoms with E-state index in [1.165, 1.54) is 17.0 Å². The molecule has 0 fully saturated rings. The summed E-state index contributed by atoms with van der Waals surface area (Å²) in [4.78, 5) is 22.9. The lowest BCUT2D eigenvalue weighted by Crippen LogP contribution is -2.36. The van der Waals surface area contributed by atoms with Crippen molar-refractivity contribution in [2.75, 3.05) is 19.4 Å². The average molecular weight is 255 g/mol. The van der Waals surface area contributed by atoms with Gasteiger partial charge in [0.25, 0.3) is 0 Å². The first kappa shape index (κ1) is 13.9. The summed E-state index contributed by atoms with van der Waals surface area (Å²) in [5, 5.41) is 13.4. The molecule has 0 spiro atoms. The van der Waals surface area contributed by atoms with Crippen LogP contribution in [-0.2, 0) is 4.79 Å². The minimum atomic E-state index is -0.936. The number of nitro benzene ring substituents is 1. The Bertz CT molecular complexity index is 477. The van der Waals surface area contributed by atoms with Crippen LogP contribution in [0.25, 0.3) is 0 Å². The van der Waals surface area contributed by atoms with Crippen molar-refractivity contribution >= 4 is 17.3 Å². The zero-order valence-corrected chi connectivity index (χ0v) is 10.3. The van der Waals surface area contributed by atoms with Crippen LogP contribution in [0.2, 0.25) is 0 Å². The lowest BCUT2D eigenvalue weighted by atomic mass is 10.2. The molecule has 0 aliphatic rings. The molecular weight excluding hydrogens is 241 g/mol. The Hall–Kier alpha value is -2.18.